The van der Waals surface area contributed by atoms with Gasteiger partial charge in [-0.05, 0) is 11.6 Å². The lowest BCUT2D eigenvalue weighted by Gasteiger charge is -2.07. The maximum atomic E-state index is 10.9. The van der Waals surface area contributed by atoms with Crippen molar-refractivity contribution >= 4 is 17.3 Å². The van der Waals surface area contributed by atoms with Crippen LogP contribution in [-0.4, -0.2) is 22.2 Å². The Morgan fingerprint density at radius 1 is 1.58 bits per heavy atom. The summed E-state index contributed by atoms with van der Waals surface area (Å²) in [6.45, 7) is 0.393. The zero-order valence-electron chi connectivity index (χ0n) is 9.91. The number of ether oxygens (including phenoxy) is 2. The minimum Gasteiger partial charge on any atom is -0.487 e. The van der Waals surface area contributed by atoms with E-state index in [2.05, 4.69) is 4.98 Å². The molecule has 0 radical (unpaired) electrons. The first-order valence-electron chi connectivity index (χ1n) is 5.74. The first-order valence-corrected chi connectivity index (χ1v) is 6.69. The van der Waals surface area contributed by atoms with Gasteiger partial charge in [-0.15, -0.1) is 11.3 Å². The molecule has 6 heteroatoms. The van der Waals surface area contributed by atoms with Crippen LogP contribution in [0.3, 0.4) is 0 Å². The first kappa shape index (κ1) is 12.0. The van der Waals surface area contributed by atoms with Crippen LogP contribution in [-0.2, 0) is 17.8 Å². The van der Waals surface area contributed by atoms with Gasteiger partial charge in [0.1, 0.15) is 18.1 Å². The number of hydrogen-bond acceptors (Lipinski definition) is 5. The Bertz CT molecular complexity index is 597. The predicted molar refractivity (Wildman–Crippen MR) is 68.6 cm³/mol. The molecule has 2 heterocycles. The van der Waals surface area contributed by atoms with Crippen LogP contribution in [0.25, 0.3) is 0 Å². The summed E-state index contributed by atoms with van der Waals surface area (Å²) in [5.41, 5.74) is 3.52. The monoisotopic (exact) mass is 277 g/mol. The minimum absolute atomic E-state index is 0.393. The summed E-state index contributed by atoms with van der Waals surface area (Å²) in [6.07, 6.45) is -0.388. The third-order valence-corrected chi connectivity index (χ3v) is 3.49. The number of aromatic nitrogens is 1. The molecule has 0 bridgehead atoms. The summed E-state index contributed by atoms with van der Waals surface area (Å²) < 4.78 is 10.9. The molecule has 0 spiro atoms. The van der Waals surface area contributed by atoms with Crippen molar-refractivity contribution in [2.24, 2.45) is 0 Å². The second-order valence-electron chi connectivity index (χ2n) is 4.19. The highest BCUT2D eigenvalue weighted by Crippen LogP contribution is 2.32. The molecule has 5 nitrogen and oxygen atoms in total. The van der Waals surface area contributed by atoms with Gasteiger partial charge in [-0.25, -0.2) is 9.78 Å². The molecule has 3 rings (SSSR count). The van der Waals surface area contributed by atoms with E-state index >= 15 is 0 Å². The van der Waals surface area contributed by atoms with E-state index in [1.807, 2.05) is 17.5 Å². The second kappa shape index (κ2) is 4.89. The normalized spacial score (nSPS) is 16.7. The standard InChI is InChI=1S/C13H11NO4S/c15-13(16)12-3-8-1-2-10(4-11(8)18-12)17-5-9-6-19-7-14-9/h1-2,4,6-7,12H,3,5H2,(H,15,16). The Hall–Kier alpha value is -2.08. The van der Waals surface area contributed by atoms with Crippen molar-refractivity contribution in [3.8, 4) is 11.5 Å². The predicted octanol–water partition coefficient (Wildman–Crippen LogP) is 2.11. The molecule has 1 aromatic heterocycles. The summed E-state index contributed by atoms with van der Waals surface area (Å²) >= 11 is 1.52. The minimum atomic E-state index is -0.943. The van der Waals surface area contributed by atoms with Crippen LogP contribution in [0.2, 0.25) is 0 Å². The number of fused-ring (bicyclic) bond motifs is 1. The van der Waals surface area contributed by atoms with E-state index in [0.29, 0.717) is 24.5 Å². The molecule has 1 atom stereocenters. The largest absolute Gasteiger partial charge is 0.487 e. The van der Waals surface area contributed by atoms with E-state index in [4.69, 9.17) is 14.6 Å². The number of aliphatic carboxylic acids is 1. The average Bonchev–Trinajstić information content (AvgIpc) is 3.04. The van der Waals surface area contributed by atoms with Gasteiger partial charge in [0.05, 0.1) is 11.2 Å². The SMILES string of the molecule is O=C(O)C1Cc2ccc(OCc3cscn3)cc2O1. The quantitative estimate of drug-likeness (QED) is 0.927. The van der Waals surface area contributed by atoms with Gasteiger partial charge in [-0.3, -0.25) is 0 Å². The first-order chi connectivity index (χ1) is 9.22. The van der Waals surface area contributed by atoms with Crippen LogP contribution < -0.4 is 9.47 Å². The Morgan fingerprint density at radius 3 is 3.21 bits per heavy atom. The van der Waals surface area contributed by atoms with Crippen LogP contribution in [0.1, 0.15) is 11.3 Å². The van der Waals surface area contributed by atoms with E-state index in [1.165, 1.54) is 11.3 Å². The highest BCUT2D eigenvalue weighted by atomic mass is 32.1. The molecule has 1 aromatic carbocycles. The zero-order valence-corrected chi connectivity index (χ0v) is 10.7. The topological polar surface area (TPSA) is 68.7 Å². The highest BCUT2D eigenvalue weighted by Gasteiger charge is 2.28. The maximum absolute atomic E-state index is 10.9. The van der Waals surface area contributed by atoms with Crippen molar-refractivity contribution in [3.05, 3.63) is 40.3 Å². The van der Waals surface area contributed by atoms with Gasteiger partial charge >= 0.3 is 5.97 Å². The van der Waals surface area contributed by atoms with Crippen molar-refractivity contribution in [1.82, 2.24) is 4.98 Å². The molecule has 0 saturated carbocycles. The number of hydrogen-bond donors (Lipinski definition) is 1. The van der Waals surface area contributed by atoms with Crippen LogP contribution in [0.15, 0.2) is 29.1 Å². The van der Waals surface area contributed by atoms with Gasteiger partial charge in [-0.1, -0.05) is 6.07 Å². The fraction of sp³-hybridized carbons (Fsp3) is 0.231. The van der Waals surface area contributed by atoms with Crippen molar-refractivity contribution in [1.29, 1.82) is 0 Å². The van der Waals surface area contributed by atoms with Gasteiger partial charge in [0.15, 0.2) is 6.10 Å². The third-order valence-electron chi connectivity index (χ3n) is 2.86. The smallest absolute Gasteiger partial charge is 0.345 e. The lowest BCUT2D eigenvalue weighted by Crippen LogP contribution is -2.24. The van der Waals surface area contributed by atoms with Gasteiger partial charge in [0, 0.05) is 17.9 Å². The number of carboxylic acid groups (broad SMARTS) is 1. The summed E-state index contributed by atoms with van der Waals surface area (Å²) in [7, 11) is 0. The number of thiazole rings is 1. The Labute approximate surface area is 113 Å². The fourth-order valence-corrected chi connectivity index (χ4v) is 2.44. The number of rotatable bonds is 4. The number of benzene rings is 1. The van der Waals surface area contributed by atoms with Gasteiger partial charge in [-0.2, -0.15) is 0 Å². The molecule has 19 heavy (non-hydrogen) atoms. The number of carbonyl (C=O) groups is 1. The third kappa shape index (κ3) is 2.53. The van der Waals surface area contributed by atoms with Crippen molar-refractivity contribution < 1.29 is 19.4 Å². The van der Waals surface area contributed by atoms with Crippen LogP contribution in [0.4, 0.5) is 0 Å². The van der Waals surface area contributed by atoms with Crippen molar-refractivity contribution in [2.75, 3.05) is 0 Å². The van der Waals surface area contributed by atoms with Crippen molar-refractivity contribution in [2.45, 2.75) is 19.1 Å². The van der Waals surface area contributed by atoms with Crippen LogP contribution >= 0.6 is 11.3 Å². The van der Waals surface area contributed by atoms with Crippen LogP contribution in [0, 0.1) is 0 Å². The number of nitrogens with zero attached hydrogens (tertiary/aromatic N) is 1. The summed E-state index contributed by atoms with van der Waals surface area (Å²) in [6, 6.07) is 5.39. The molecule has 1 N–H and O–H groups in total. The molecule has 98 valence electrons. The highest BCUT2D eigenvalue weighted by molar-refractivity contribution is 7.07. The molecule has 1 aliphatic heterocycles. The summed E-state index contributed by atoms with van der Waals surface area (Å²) in [4.78, 5) is 15.0. The molecule has 0 aliphatic carbocycles. The van der Waals surface area contributed by atoms with Gasteiger partial charge in [0.25, 0.3) is 0 Å². The molecular weight excluding hydrogens is 266 g/mol. The Kier molecular flexibility index (Phi) is 3.08. The zero-order chi connectivity index (χ0) is 13.2. The van der Waals surface area contributed by atoms with E-state index < -0.39 is 12.1 Å². The molecule has 1 aliphatic rings. The number of carboxylic acids is 1. The van der Waals surface area contributed by atoms with Crippen molar-refractivity contribution in [3.63, 3.8) is 0 Å². The Balaban J connectivity index is 1.69. The van der Waals surface area contributed by atoms with E-state index in [0.717, 1.165) is 11.3 Å². The van der Waals surface area contributed by atoms with Gasteiger partial charge < -0.3 is 14.6 Å². The fourth-order valence-electron chi connectivity index (χ4n) is 1.90. The molecule has 1 unspecified atom stereocenters. The molecule has 0 fully saturated rings. The lowest BCUT2D eigenvalue weighted by atomic mass is 10.1. The lowest BCUT2D eigenvalue weighted by molar-refractivity contribution is -0.144. The second-order valence-corrected chi connectivity index (χ2v) is 4.91. The van der Waals surface area contributed by atoms with E-state index in [-0.39, 0.29) is 0 Å². The molecular formula is C13H11NO4S. The van der Waals surface area contributed by atoms with Gasteiger partial charge in [0.2, 0.25) is 0 Å². The summed E-state index contributed by atoms with van der Waals surface area (Å²) in [5.74, 6) is 0.294. The molecule has 0 saturated heterocycles. The molecule has 0 amide bonds. The molecule has 2 aromatic rings. The van der Waals surface area contributed by atoms with E-state index in [1.54, 1.807) is 11.6 Å². The Morgan fingerprint density at radius 2 is 2.47 bits per heavy atom. The van der Waals surface area contributed by atoms with Crippen LogP contribution in [0.5, 0.6) is 11.5 Å². The summed E-state index contributed by atoms with van der Waals surface area (Å²) in [5, 5.41) is 10.8. The van der Waals surface area contributed by atoms with E-state index in [9.17, 15) is 4.79 Å². The average molecular weight is 277 g/mol. The maximum Gasteiger partial charge on any atom is 0.345 e.